The van der Waals surface area contributed by atoms with Crippen molar-refractivity contribution in [2.75, 3.05) is 0 Å². The molecule has 0 saturated heterocycles. The van der Waals surface area contributed by atoms with E-state index in [-0.39, 0.29) is 5.41 Å². The second kappa shape index (κ2) is 5.01. The average Bonchev–Trinajstić information content (AvgIpc) is 2.85. The van der Waals surface area contributed by atoms with Crippen molar-refractivity contribution in [3.63, 3.8) is 0 Å². The Hall–Kier alpha value is -2.13. The van der Waals surface area contributed by atoms with Gasteiger partial charge >= 0.3 is 0 Å². The van der Waals surface area contributed by atoms with Gasteiger partial charge in [-0.3, -0.25) is 4.40 Å². The van der Waals surface area contributed by atoms with Crippen LogP contribution in [0.4, 0.5) is 0 Å². The molecular weight excluding hydrogens is 258 g/mol. The smallest absolute Gasteiger partial charge is 0.144 e. The molecule has 0 aliphatic carbocycles. The summed E-state index contributed by atoms with van der Waals surface area (Å²) in [4.78, 5) is 4.71. The maximum Gasteiger partial charge on any atom is 0.144 e. The van der Waals surface area contributed by atoms with Gasteiger partial charge in [0, 0.05) is 18.3 Å². The number of nitrogens with zero attached hydrogens (tertiary/aromatic N) is 2. The van der Waals surface area contributed by atoms with Crippen molar-refractivity contribution in [1.82, 2.24) is 9.38 Å². The summed E-state index contributed by atoms with van der Waals surface area (Å²) in [6.45, 7) is 7.12. The second-order valence-corrected chi connectivity index (χ2v) is 6.37. The number of imidazole rings is 1. The van der Waals surface area contributed by atoms with Crippen molar-refractivity contribution in [3.8, 4) is 11.4 Å². The molecule has 3 heteroatoms. The van der Waals surface area contributed by atoms with E-state index in [2.05, 4.69) is 55.5 Å². The minimum Gasteiger partial charge on any atom is -0.325 e. The highest BCUT2D eigenvalue weighted by Gasteiger charge is 2.15. The molecule has 0 fully saturated rings. The van der Waals surface area contributed by atoms with E-state index in [0.29, 0.717) is 6.54 Å². The number of nitrogens with two attached hydrogens (primary N) is 1. The Labute approximate surface area is 125 Å². The zero-order valence-corrected chi connectivity index (χ0v) is 12.8. The minimum absolute atomic E-state index is 0.162. The first-order valence-electron chi connectivity index (χ1n) is 7.27. The predicted molar refractivity (Wildman–Crippen MR) is 87.2 cm³/mol. The molecule has 3 rings (SSSR count). The number of hydrogen-bond acceptors (Lipinski definition) is 2. The van der Waals surface area contributed by atoms with E-state index in [9.17, 15) is 0 Å². The topological polar surface area (TPSA) is 43.3 Å². The molecule has 0 bridgehead atoms. The number of fused-ring (bicyclic) bond motifs is 1. The third-order valence-corrected chi connectivity index (χ3v) is 3.83. The van der Waals surface area contributed by atoms with E-state index >= 15 is 0 Å². The van der Waals surface area contributed by atoms with Crippen LogP contribution in [0.25, 0.3) is 16.9 Å². The molecule has 0 unspecified atom stereocenters. The maximum atomic E-state index is 5.81. The Bertz CT molecular complexity index is 761. The Morgan fingerprint density at radius 2 is 1.76 bits per heavy atom. The molecule has 3 nitrogen and oxygen atoms in total. The SMILES string of the molecule is CC(C)(C)c1ccc(-c2nc(CN)c3ccccn23)cc1. The van der Waals surface area contributed by atoms with Crippen LogP contribution < -0.4 is 5.73 Å². The molecule has 0 saturated carbocycles. The van der Waals surface area contributed by atoms with Crippen LogP contribution in [-0.2, 0) is 12.0 Å². The van der Waals surface area contributed by atoms with Crippen molar-refractivity contribution in [2.45, 2.75) is 32.7 Å². The monoisotopic (exact) mass is 279 g/mol. The normalized spacial score (nSPS) is 12.0. The van der Waals surface area contributed by atoms with E-state index < -0.39 is 0 Å². The zero-order chi connectivity index (χ0) is 15.0. The summed E-state index contributed by atoms with van der Waals surface area (Å²) in [5, 5.41) is 0. The number of pyridine rings is 1. The van der Waals surface area contributed by atoms with Gasteiger partial charge in [0.2, 0.25) is 0 Å². The second-order valence-electron chi connectivity index (χ2n) is 6.37. The molecule has 1 aromatic carbocycles. The highest BCUT2D eigenvalue weighted by molar-refractivity contribution is 5.65. The fourth-order valence-corrected chi connectivity index (χ4v) is 2.58. The van der Waals surface area contributed by atoms with Crippen LogP contribution in [0.1, 0.15) is 32.0 Å². The lowest BCUT2D eigenvalue weighted by molar-refractivity contribution is 0.590. The van der Waals surface area contributed by atoms with E-state index in [1.807, 2.05) is 18.3 Å². The fourth-order valence-electron chi connectivity index (χ4n) is 2.58. The largest absolute Gasteiger partial charge is 0.325 e. The average molecular weight is 279 g/mol. The van der Waals surface area contributed by atoms with E-state index in [1.54, 1.807) is 0 Å². The molecule has 2 N–H and O–H groups in total. The summed E-state index contributed by atoms with van der Waals surface area (Å²) in [7, 11) is 0. The molecule has 108 valence electrons. The molecule has 2 heterocycles. The number of hydrogen-bond donors (Lipinski definition) is 1. The molecule has 0 radical (unpaired) electrons. The van der Waals surface area contributed by atoms with Gasteiger partial charge in [0.1, 0.15) is 5.82 Å². The van der Waals surface area contributed by atoms with Crippen LogP contribution >= 0.6 is 0 Å². The van der Waals surface area contributed by atoms with Gasteiger partial charge in [0.05, 0.1) is 11.2 Å². The summed E-state index contributed by atoms with van der Waals surface area (Å²) in [5.74, 6) is 0.950. The Morgan fingerprint density at radius 3 is 2.38 bits per heavy atom. The van der Waals surface area contributed by atoms with Crippen LogP contribution in [0, 0.1) is 0 Å². The summed E-state index contributed by atoms with van der Waals surface area (Å²) in [5.41, 5.74) is 10.4. The molecule has 0 aliphatic rings. The Kier molecular flexibility index (Phi) is 3.30. The van der Waals surface area contributed by atoms with Crippen molar-refractivity contribution in [3.05, 3.63) is 59.9 Å². The molecule has 3 aromatic rings. The number of rotatable bonds is 2. The lowest BCUT2D eigenvalue weighted by Gasteiger charge is -2.19. The standard InChI is InChI=1S/C18H21N3/c1-18(2,3)14-9-7-13(8-10-14)17-20-15(12-19)16-6-4-5-11-21(16)17/h4-11H,12,19H2,1-3H3. The van der Waals surface area contributed by atoms with Crippen LogP contribution in [-0.4, -0.2) is 9.38 Å². The van der Waals surface area contributed by atoms with E-state index in [0.717, 1.165) is 22.6 Å². The van der Waals surface area contributed by atoms with Gasteiger partial charge in [-0.25, -0.2) is 4.98 Å². The number of aromatic nitrogens is 2. The summed E-state index contributed by atoms with van der Waals surface area (Å²) in [6.07, 6.45) is 2.04. The lowest BCUT2D eigenvalue weighted by Crippen LogP contribution is -2.10. The van der Waals surface area contributed by atoms with Gasteiger partial charge in [-0.1, -0.05) is 51.1 Å². The predicted octanol–water partition coefficient (Wildman–Crippen LogP) is 3.76. The molecular formula is C18H21N3. The van der Waals surface area contributed by atoms with Crippen molar-refractivity contribution >= 4 is 5.52 Å². The molecule has 0 amide bonds. The Balaban J connectivity index is 2.12. The van der Waals surface area contributed by atoms with Crippen LogP contribution in [0.5, 0.6) is 0 Å². The van der Waals surface area contributed by atoms with Gasteiger partial charge in [-0.05, 0) is 23.1 Å². The molecule has 0 atom stereocenters. The first-order chi connectivity index (χ1) is 10.0. The van der Waals surface area contributed by atoms with Crippen LogP contribution in [0.2, 0.25) is 0 Å². The van der Waals surface area contributed by atoms with Gasteiger partial charge in [-0.2, -0.15) is 0 Å². The van der Waals surface area contributed by atoms with Crippen LogP contribution in [0.3, 0.4) is 0 Å². The van der Waals surface area contributed by atoms with Crippen molar-refractivity contribution in [2.24, 2.45) is 5.73 Å². The van der Waals surface area contributed by atoms with Gasteiger partial charge < -0.3 is 5.73 Å². The summed E-state index contributed by atoms with van der Waals surface area (Å²) >= 11 is 0. The highest BCUT2D eigenvalue weighted by Crippen LogP contribution is 2.27. The van der Waals surface area contributed by atoms with Gasteiger partial charge in [0.25, 0.3) is 0 Å². The Morgan fingerprint density at radius 1 is 1.05 bits per heavy atom. The third-order valence-electron chi connectivity index (χ3n) is 3.83. The minimum atomic E-state index is 0.162. The summed E-state index contributed by atoms with van der Waals surface area (Å²) < 4.78 is 2.11. The molecule has 2 aromatic heterocycles. The first-order valence-corrected chi connectivity index (χ1v) is 7.27. The highest BCUT2D eigenvalue weighted by atomic mass is 15.0. The van der Waals surface area contributed by atoms with Crippen molar-refractivity contribution in [1.29, 1.82) is 0 Å². The van der Waals surface area contributed by atoms with Gasteiger partial charge in [-0.15, -0.1) is 0 Å². The maximum absolute atomic E-state index is 5.81. The third kappa shape index (κ3) is 2.45. The van der Waals surface area contributed by atoms with Crippen molar-refractivity contribution < 1.29 is 0 Å². The molecule has 0 spiro atoms. The zero-order valence-electron chi connectivity index (χ0n) is 12.8. The molecule has 0 aliphatic heterocycles. The lowest BCUT2D eigenvalue weighted by atomic mass is 9.87. The van der Waals surface area contributed by atoms with E-state index in [4.69, 9.17) is 10.7 Å². The van der Waals surface area contributed by atoms with Crippen LogP contribution in [0.15, 0.2) is 48.7 Å². The van der Waals surface area contributed by atoms with E-state index in [1.165, 1.54) is 5.56 Å². The quantitative estimate of drug-likeness (QED) is 0.776. The van der Waals surface area contributed by atoms with Gasteiger partial charge in [0.15, 0.2) is 0 Å². The fraction of sp³-hybridized carbons (Fsp3) is 0.278. The first kappa shape index (κ1) is 13.8. The number of benzene rings is 1. The summed E-state index contributed by atoms with van der Waals surface area (Å²) in [6, 6.07) is 14.7. The molecule has 21 heavy (non-hydrogen) atoms.